The Morgan fingerprint density at radius 1 is 0.295 bits per heavy atom. The molecule has 7 aliphatic heterocycles. The molecule has 0 radical (unpaired) electrons. The Hall–Kier alpha value is -1.44. The average molecular weight is 1150 g/mol. The maximum atomic E-state index is 11.7. The minimum atomic E-state index is -2.11. The molecular formula is C42H72O36. The number of aliphatic hydroxyl groups excluding tert-OH is 23. The summed E-state index contributed by atoms with van der Waals surface area (Å²) in [7, 11) is 0. The highest BCUT2D eigenvalue weighted by molar-refractivity contribution is 5.00. The fraction of sp³-hybridized carbons (Fsp3) is 1.00. The van der Waals surface area contributed by atoms with Gasteiger partial charge in [0, 0.05) is 0 Å². The van der Waals surface area contributed by atoms with Gasteiger partial charge in [-0.3, -0.25) is 0 Å². The third-order valence-electron chi connectivity index (χ3n) is 14.4. The average Bonchev–Trinajstić information content (AvgIpc) is 4.04. The monoisotopic (exact) mass is 1150 g/mol. The maximum absolute atomic E-state index is 11.7. The third kappa shape index (κ3) is 13.4. The van der Waals surface area contributed by atoms with Crippen LogP contribution in [-0.2, 0) is 61.6 Å². The second-order valence-electron chi connectivity index (χ2n) is 19.7. The van der Waals surface area contributed by atoms with Crippen molar-refractivity contribution in [2.24, 2.45) is 0 Å². The zero-order valence-electron chi connectivity index (χ0n) is 40.8. The molecule has 7 heterocycles. The van der Waals surface area contributed by atoms with Crippen molar-refractivity contribution in [3.8, 4) is 0 Å². The van der Waals surface area contributed by atoms with Gasteiger partial charge in [0.25, 0.3) is 0 Å². The smallest absolute Gasteiger partial charge is 0.187 e. The molecule has 7 saturated heterocycles. The molecule has 0 saturated carbocycles. The Morgan fingerprint density at radius 2 is 0.603 bits per heavy atom. The van der Waals surface area contributed by atoms with Crippen LogP contribution in [0.3, 0.4) is 0 Å². The van der Waals surface area contributed by atoms with E-state index in [1.807, 2.05) is 0 Å². The molecule has 456 valence electrons. The molecule has 0 bridgehead atoms. The lowest BCUT2D eigenvalue weighted by Gasteiger charge is -2.41. The van der Waals surface area contributed by atoms with Crippen LogP contribution in [0.25, 0.3) is 0 Å². The van der Waals surface area contributed by atoms with Crippen molar-refractivity contribution < 1.29 is 179 Å². The van der Waals surface area contributed by atoms with Crippen LogP contribution in [-0.4, -0.2) is 379 Å². The lowest BCUT2D eigenvalue weighted by atomic mass is 9.99. The van der Waals surface area contributed by atoms with Gasteiger partial charge in [0.15, 0.2) is 44.0 Å². The van der Waals surface area contributed by atoms with Crippen LogP contribution in [0.4, 0.5) is 0 Å². The minimum Gasteiger partial charge on any atom is -0.394 e. The Labute approximate surface area is 439 Å². The van der Waals surface area contributed by atoms with Crippen LogP contribution in [0.1, 0.15) is 0 Å². The molecule has 0 aromatic carbocycles. The van der Waals surface area contributed by atoms with Gasteiger partial charge >= 0.3 is 0 Å². The Morgan fingerprint density at radius 3 is 0.936 bits per heavy atom. The number of ether oxygens (including phenoxy) is 13. The van der Waals surface area contributed by atoms with Gasteiger partial charge in [0.2, 0.25) is 0 Å². The normalized spacial score (nSPS) is 51.4. The maximum Gasteiger partial charge on any atom is 0.187 e. The zero-order chi connectivity index (χ0) is 57.3. The van der Waals surface area contributed by atoms with E-state index in [1.54, 1.807) is 0 Å². The van der Waals surface area contributed by atoms with E-state index >= 15 is 0 Å². The van der Waals surface area contributed by atoms with Crippen LogP contribution in [0.15, 0.2) is 0 Å². The first-order valence-electron chi connectivity index (χ1n) is 24.6. The van der Waals surface area contributed by atoms with E-state index in [4.69, 9.17) is 61.6 Å². The number of hydrogen-bond acceptors (Lipinski definition) is 36. The highest BCUT2D eigenvalue weighted by Crippen LogP contribution is 2.37. The summed E-state index contributed by atoms with van der Waals surface area (Å²) >= 11 is 0. The fourth-order valence-corrected chi connectivity index (χ4v) is 9.72. The number of aliphatic hydroxyl groups is 23. The van der Waals surface area contributed by atoms with Gasteiger partial charge in [0.1, 0.15) is 171 Å². The molecule has 78 heavy (non-hydrogen) atoms. The molecular weight excluding hydrogens is 1080 g/mol. The van der Waals surface area contributed by atoms with E-state index in [2.05, 4.69) is 0 Å². The van der Waals surface area contributed by atoms with Crippen LogP contribution in [0, 0.1) is 0 Å². The molecule has 0 aromatic heterocycles. The molecule has 7 fully saturated rings. The van der Waals surface area contributed by atoms with Crippen LogP contribution >= 0.6 is 0 Å². The Kier molecular flexibility index (Phi) is 22.6. The van der Waals surface area contributed by atoms with Gasteiger partial charge in [-0.1, -0.05) is 0 Å². The molecule has 23 N–H and O–H groups in total. The lowest BCUT2D eigenvalue weighted by Crippen LogP contribution is -2.61. The van der Waals surface area contributed by atoms with E-state index in [0.717, 1.165) is 0 Å². The molecule has 36 heteroatoms. The molecule has 0 spiro atoms. The van der Waals surface area contributed by atoms with E-state index in [1.165, 1.54) is 0 Å². The quantitative estimate of drug-likeness (QED) is 0.0479. The summed E-state index contributed by atoms with van der Waals surface area (Å²) in [6.45, 7) is -6.57. The summed E-state index contributed by atoms with van der Waals surface area (Å²) in [5.74, 6) is 0. The SMILES string of the molecule is OC[C@@H](O)[C@@H]1O[C@@H](OC[C@@H](O)[C@@H]2O[C@@H](OC[C@@H](O)[C@@H]3O[C@@H](OC[C@H]4OC(O)[C@H](O)[C@@H](O)[C@H]4O)[C@H](O[C@H]4O[C@H](CO)[C@@H](O)[C@H](O)[C@H]4O)[C@H]3O)[C@H](O[C@H]3O[C@H](CO)[C@@H](O)[C@H](O)[C@H]3O)[C@H]2O)[C@H](O[C@H]2O[C@H](CO)[C@@H](O)[C@H](O)[C@H]2O)[C@H]1O. The van der Waals surface area contributed by atoms with Crippen LogP contribution < -0.4 is 0 Å². The fourth-order valence-electron chi connectivity index (χ4n) is 9.72. The minimum absolute atomic E-state index is 0.823. The van der Waals surface area contributed by atoms with Crippen molar-refractivity contribution in [2.45, 2.75) is 215 Å². The molecule has 7 rings (SSSR count). The van der Waals surface area contributed by atoms with Gasteiger partial charge in [-0.25, -0.2) is 0 Å². The summed E-state index contributed by atoms with van der Waals surface area (Å²) in [5.41, 5.74) is 0. The number of rotatable bonds is 22. The molecule has 0 aliphatic carbocycles. The molecule has 36 nitrogen and oxygen atoms in total. The summed E-state index contributed by atoms with van der Waals surface area (Å²) < 4.78 is 72.6. The molecule has 0 aromatic rings. The van der Waals surface area contributed by atoms with Crippen molar-refractivity contribution in [3.05, 3.63) is 0 Å². The molecule has 0 amide bonds. The van der Waals surface area contributed by atoms with Crippen molar-refractivity contribution in [1.29, 1.82) is 0 Å². The van der Waals surface area contributed by atoms with Gasteiger partial charge in [-0.05, 0) is 0 Å². The van der Waals surface area contributed by atoms with E-state index in [9.17, 15) is 117 Å². The number of hydrogen-bond donors (Lipinski definition) is 23. The third-order valence-corrected chi connectivity index (χ3v) is 14.4. The van der Waals surface area contributed by atoms with Gasteiger partial charge in [-0.15, -0.1) is 0 Å². The summed E-state index contributed by atoms with van der Waals surface area (Å²) in [6.07, 6.45) is -66.8. The van der Waals surface area contributed by atoms with Gasteiger partial charge < -0.3 is 179 Å². The Balaban J connectivity index is 1.08. The van der Waals surface area contributed by atoms with E-state index in [0.29, 0.717) is 0 Å². The van der Waals surface area contributed by atoms with Crippen LogP contribution in [0.5, 0.6) is 0 Å². The second kappa shape index (κ2) is 27.5. The second-order valence-corrected chi connectivity index (χ2v) is 19.7. The van der Waals surface area contributed by atoms with Gasteiger partial charge in [-0.2, -0.15) is 0 Å². The van der Waals surface area contributed by atoms with E-state index in [-0.39, 0.29) is 0 Å². The first-order chi connectivity index (χ1) is 36.9. The highest BCUT2D eigenvalue weighted by atomic mass is 16.8. The molecule has 35 atom stereocenters. The zero-order valence-corrected chi connectivity index (χ0v) is 40.8. The standard InChI is InChI=1S/C42H72O36/c43-1-8(47)30-27(62)33(76-37-24(59)20(55)15(50)11(2-44)70-37)40(73-30)66-5-9(48)31-28(63)34(77-38-25(60)21(56)16(51)12(3-45)71-38)41(74-31)67-6-10(49)32-29(64)35(78-39-26(61)22(57)17(52)13(4-46)72-39)42(75-32)68-7-14-18(53)19(54)23(58)36(65)69-14/h8-65H,1-7H2/t8-,9-,10-,11-,12-,13-,14-,15-,16-,17-,18+,19+,20+,21+,22+,23-,24-,25-,26-,27+,28+,29+,30+,31+,32+,33-,34-,35-,36?,37-,38-,39-,40-,41-,42-/m1/s1. The Bertz CT molecular complexity index is 1810. The molecule has 1 unspecified atom stereocenters. The van der Waals surface area contributed by atoms with Gasteiger partial charge in [0.05, 0.1) is 46.2 Å². The topological polar surface area (TPSA) is 585 Å². The first kappa shape index (κ1) is 64.1. The first-order valence-corrected chi connectivity index (χ1v) is 24.6. The van der Waals surface area contributed by atoms with E-state index < -0.39 is 261 Å². The largest absolute Gasteiger partial charge is 0.394 e. The van der Waals surface area contributed by atoms with Crippen molar-refractivity contribution in [2.75, 3.05) is 46.2 Å². The predicted octanol–water partition coefficient (Wildman–Crippen LogP) is -16.3. The van der Waals surface area contributed by atoms with Crippen molar-refractivity contribution in [3.63, 3.8) is 0 Å². The lowest BCUT2D eigenvalue weighted by molar-refractivity contribution is -0.331. The van der Waals surface area contributed by atoms with Crippen LogP contribution in [0.2, 0.25) is 0 Å². The predicted molar refractivity (Wildman–Crippen MR) is 232 cm³/mol. The van der Waals surface area contributed by atoms with Crippen molar-refractivity contribution >= 4 is 0 Å². The highest BCUT2D eigenvalue weighted by Gasteiger charge is 2.58. The summed E-state index contributed by atoms with van der Waals surface area (Å²) in [6, 6.07) is 0. The summed E-state index contributed by atoms with van der Waals surface area (Å²) in [5, 5.41) is 241. The molecule has 7 aliphatic rings. The van der Waals surface area contributed by atoms with Crippen molar-refractivity contribution in [1.82, 2.24) is 0 Å². The summed E-state index contributed by atoms with van der Waals surface area (Å²) in [4.78, 5) is 0.